The Morgan fingerprint density at radius 3 is 2.83 bits per heavy atom. The normalized spacial score (nSPS) is 14.7. The van der Waals surface area contributed by atoms with E-state index in [0.29, 0.717) is 6.54 Å². The molecule has 0 bridgehead atoms. The molecule has 0 N–H and O–H groups in total. The fourth-order valence-electron chi connectivity index (χ4n) is 3.42. The Balaban J connectivity index is 1.52. The smallest absolute Gasteiger partial charge is 0.270 e. The van der Waals surface area contributed by atoms with Crippen LogP contribution in [-0.4, -0.2) is 55.2 Å². The van der Waals surface area contributed by atoms with E-state index in [0.717, 1.165) is 71.1 Å². The number of ether oxygens (including phenoxy) is 1. The fraction of sp³-hybridized carbons (Fsp3) is 0.364. The van der Waals surface area contributed by atoms with E-state index in [4.69, 9.17) is 21.3 Å². The standard InChI is InChI=1S/C22H24ClN3O2S2/c1-16-14-17(5-6-18(16)23)19-15-30-22(24-19)26(21(27)20-4-2-13-29-20)8-3-7-25-9-11-28-12-10-25/h2,4-6,13-15H,3,7-12H2,1H3. The summed E-state index contributed by atoms with van der Waals surface area (Å²) in [6.07, 6.45) is 0.895. The van der Waals surface area contributed by atoms with Crippen molar-refractivity contribution < 1.29 is 9.53 Å². The van der Waals surface area contributed by atoms with Crippen molar-refractivity contribution in [2.45, 2.75) is 13.3 Å². The second-order valence-corrected chi connectivity index (χ2v) is 9.41. The van der Waals surface area contributed by atoms with Crippen molar-refractivity contribution >= 4 is 45.3 Å². The first-order chi connectivity index (χ1) is 14.6. The maximum absolute atomic E-state index is 13.2. The summed E-state index contributed by atoms with van der Waals surface area (Å²) in [4.78, 5) is 22.9. The third-order valence-corrected chi connectivity index (χ3v) is 7.26. The van der Waals surface area contributed by atoms with Gasteiger partial charge in [0.1, 0.15) is 0 Å². The summed E-state index contributed by atoms with van der Waals surface area (Å²) in [6.45, 7) is 7.05. The van der Waals surface area contributed by atoms with E-state index >= 15 is 0 Å². The van der Waals surface area contributed by atoms with Gasteiger partial charge in [-0.1, -0.05) is 23.7 Å². The Labute approximate surface area is 189 Å². The van der Waals surface area contributed by atoms with Gasteiger partial charge in [-0.3, -0.25) is 14.6 Å². The third kappa shape index (κ3) is 5.10. The van der Waals surface area contributed by atoms with Crippen molar-refractivity contribution in [3.05, 3.63) is 56.6 Å². The van der Waals surface area contributed by atoms with Gasteiger partial charge in [-0.25, -0.2) is 4.98 Å². The molecule has 3 aromatic rings. The van der Waals surface area contributed by atoms with E-state index in [1.807, 2.05) is 52.9 Å². The average molecular weight is 462 g/mol. The van der Waals surface area contributed by atoms with Crippen LogP contribution in [0.25, 0.3) is 11.3 Å². The van der Waals surface area contributed by atoms with E-state index in [1.165, 1.54) is 22.7 Å². The molecule has 30 heavy (non-hydrogen) atoms. The molecule has 1 aromatic carbocycles. The topological polar surface area (TPSA) is 45.7 Å². The SMILES string of the molecule is Cc1cc(-c2csc(N(CCCN3CCOCC3)C(=O)c3cccs3)n2)ccc1Cl. The van der Waals surface area contributed by atoms with Gasteiger partial charge in [0.2, 0.25) is 0 Å². The summed E-state index contributed by atoms with van der Waals surface area (Å²) in [5.41, 5.74) is 2.89. The first-order valence-corrected chi connectivity index (χ1v) is 12.1. The van der Waals surface area contributed by atoms with Gasteiger partial charge in [-0.05, 0) is 42.5 Å². The Morgan fingerprint density at radius 1 is 1.27 bits per heavy atom. The quantitative estimate of drug-likeness (QED) is 0.485. The van der Waals surface area contributed by atoms with E-state index in [-0.39, 0.29) is 5.91 Å². The number of thiophene rings is 1. The number of amides is 1. The summed E-state index contributed by atoms with van der Waals surface area (Å²) in [5.74, 6) is 0.0140. The lowest BCUT2D eigenvalue weighted by Gasteiger charge is -2.27. The maximum Gasteiger partial charge on any atom is 0.270 e. The van der Waals surface area contributed by atoms with Gasteiger partial charge in [0.15, 0.2) is 5.13 Å². The highest BCUT2D eigenvalue weighted by atomic mass is 35.5. The van der Waals surface area contributed by atoms with Crippen LogP contribution in [0.4, 0.5) is 5.13 Å². The van der Waals surface area contributed by atoms with Crippen LogP contribution < -0.4 is 4.90 Å². The van der Waals surface area contributed by atoms with Crippen molar-refractivity contribution in [2.75, 3.05) is 44.3 Å². The van der Waals surface area contributed by atoms with Crippen molar-refractivity contribution in [3.8, 4) is 11.3 Å². The molecule has 1 fully saturated rings. The van der Waals surface area contributed by atoms with E-state index < -0.39 is 0 Å². The first-order valence-electron chi connectivity index (χ1n) is 9.99. The minimum Gasteiger partial charge on any atom is -0.379 e. The third-order valence-electron chi connectivity index (χ3n) is 5.11. The van der Waals surface area contributed by atoms with E-state index in [1.54, 1.807) is 0 Å². The molecular formula is C22H24ClN3O2S2. The highest BCUT2D eigenvalue weighted by Gasteiger charge is 2.22. The molecule has 1 amide bonds. The summed E-state index contributed by atoms with van der Waals surface area (Å²) in [5, 5.41) is 5.42. The number of rotatable bonds is 7. The van der Waals surface area contributed by atoms with Crippen molar-refractivity contribution in [3.63, 3.8) is 0 Å². The largest absolute Gasteiger partial charge is 0.379 e. The Bertz CT molecular complexity index is 984. The second-order valence-electron chi connectivity index (χ2n) is 7.22. The number of carbonyl (C=O) groups excluding carboxylic acids is 1. The molecular weight excluding hydrogens is 438 g/mol. The number of morpholine rings is 1. The minimum atomic E-state index is 0.0140. The zero-order valence-corrected chi connectivity index (χ0v) is 19.2. The number of anilines is 1. The Kier molecular flexibility index (Phi) is 7.17. The highest BCUT2D eigenvalue weighted by Crippen LogP contribution is 2.31. The molecule has 0 radical (unpaired) electrons. The molecule has 0 spiro atoms. The van der Waals surface area contributed by atoms with Crippen LogP contribution in [0.5, 0.6) is 0 Å². The number of hydrogen-bond acceptors (Lipinski definition) is 6. The summed E-state index contributed by atoms with van der Waals surface area (Å²) < 4.78 is 5.42. The summed E-state index contributed by atoms with van der Waals surface area (Å²) in [6, 6.07) is 9.68. The molecule has 3 heterocycles. The van der Waals surface area contributed by atoms with E-state index in [2.05, 4.69) is 4.90 Å². The number of aryl methyl sites for hydroxylation is 1. The Hall–Kier alpha value is -1.77. The van der Waals surface area contributed by atoms with Gasteiger partial charge in [0.05, 0.1) is 23.8 Å². The molecule has 0 saturated carbocycles. The molecule has 4 rings (SSSR count). The second kappa shape index (κ2) is 10.0. The molecule has 1 saturated heterocycles. The van der Waals surface area contributed by atoms with Crippen LogP contribution in [0.15, 0.2) is 41.1 Å². The molecule has 0 unspecified atom stereocenters. The highest BCUT2D eigenvalue weighted by molar-refractivity contribution is 7.14. The summed E-state index contributed by atoms with van der Waals surface area (Å²) >= 11 is 9.13. The zero-order chi connectivity index (χ0) is 20.9. The van der Waals surface area contributed by atoms with Gasteiger partial charge in [0, 0.05) is 42.1 Å². The monoisotopic (exact) mass is 461 g/mol. The van der Waals surface area contributed by atoms with Crippen molar-refractivity contribution in [1.82, 2.24) is 9.88 Å². The van der Waals surface area contributed by atoms with Crippen molar-refractivity contribution in [1.29, 1.82) is 0 Å². The molecule has 8 heteroatoms. The fourth-order valence-corrected chi connectivity index (χ4v) is 5.07. The van der Waals surface area contributed by atoms with Crippen LogP contribution in [0.1, 0.15) is 21.7 Å². The van der Waals surface area contributed by atoms with Crippen LogP contribution >= 0.6 is 34.3 Å². The molecule has 158 valence electrons. The maximum atomic E-state index is 13.2. The number of carbonyl (C=O) groups is 1. The van der Waals surface area contributed by atoms with Crippen LogP contribution in [-0.2, 0) is 4.74 Å². The average Bonchev–Trinajstić information content (AvgIpc) is 3.46. The van der Waals surface area contributed by atoms with Crippen molar-refractivity contribution in [2.24, 2.45) is 0 Å². The molecule has 1 aliphatic rings. The number of halogens is 1. The number of thiazole rings is 1. The zero-order valence-electron chi connectivity index (χ0n) is 16.8. The lowest BCUT2D eigenvalue weighted by atomic mass is 10.1. The predicted octanol–water partition coefficient (Wildman–Crippen LogP) is 5.20. The lowest BCUT2D eigenvalue weighted by Crippen LogP contribution is -2.39. The lowest BCUT2D eigenvalue weighted by molar-refractivity contribution is 0.0376. The number of benzene rings is 1. The van der Waals surface area contributed by atoms with Gasteiger partial charge in [-0.2, -0.15) is 0 Å². The van der Waals surface area contributed by atoms with Gasteiger partial charge < -0.3 is 4.74 Å². The van der Waals surface area contributed by atoms with Crippen LogP contribution in [0.3, 0.4) is 0 Å². The number of nitrogens with zero attached hydrogens (tertiary/aromatic N) is 3. The first kappa shape index (κ1) is 21.5. The molecule has 5 nitrogen and oxygen atoms in total. The van der Waals surface area contributed by atoms with Crippen LogP contribution in [0, 0.1) is 6.92 Å². The molecule has 2 aromatic heterocycles. The molecule has 0 atom stereocenters. The van der Waals surface area contributed by atoms with Crippen LogP contribution in [0.2, 0.25) is 5.02 Å². The summed E-state index contributed by atoms with van der Waals surface area (Å²) in [7, 11) is 0. The molecule has 0 aliphatic carbocycles. The van der Waals surface area contributed by atoms with Gasteiger partial charge in [-0.15, -0.1) is 22.7 Å². The minimum absolute atomic E-state index is 0.0140. The number of hydrogen-bond donors (Lipinski definition) is 0. The van der Waals surface area contributed by atoms with E-state index in [9.17, 15) is 4.79 Å². The molecule has 1 aliphatic heterocycles. The van der Waals surface area contributed by atoms with Gasteiger partial charge in [0.25, 0.3) is 5.91 Å². The number of aromatic nitrogens is 1. The predicted molar refractivity (Wildman–Crippen MR) is 125 cm³/mol. The van der Waals surface area contributed by atoms with Gasteiger partial charge >= 0.3 is 0 Å². The Morgan fingerprint density at radius 2 is 2.10 bits per heavy atom.